The Morgan fingerprint density at radius 1 is 0.984 bits per heavy atom. The summed E-state index contributed by atoms with van der Waals surface area (Å²) in [4.78, 5) is 108. The van der Waals surface area contributed by atoms with Gasteiger partial charge in [-0.15, -0.1) is 0 Å². The summed E-state index contributed by atoms with van der Waals surface area (Å²) in [6, 6.07) is -4.53. The number of hydrogen-bond donors (Lipinski definition) is 5. The molecule has 0 spiro atoms. The predicted molar refractivity (Wildman–Crippen MR) is 227 cm³/mol. The van der Waals surface area contributed by atoms with Crippen LogP contribution in [0.25, 0.3) is 0 Å². The third-order valence-corrected chi connectivity index (χ3v) is 14.3. The Labute approximate surface area is 369 Å². The molecule has 17 nitrogen and oxygen atoms in total. The maximum absolute atomic E-state index is 14.7. The minimum absolute atomic E-state index is 0.0132. The first-order valence-corrected chi connectivity index (χ1v) is 22.4. The number of nitrogens with zero attached hydrogens (tertiary/aromatic N) is 1. The third-order valence-electron chi connectivity index (χ3n) is 14.3. The van der Waals surface area contributed by atoms with Gasteiger partial charge in [0.2, 0.25) is 23.5 Å². The number of nitrogens with one attached hydrogen (secondary N) is 3. The van der Waals surface area contributed by atoms with Crippen molar-refractivity contribution in [3.8, 4) is 0 Å². The van der Waals surface area contributed by atoms with Crippen LogP contribution in [-0.4, -0.2) is 117 Å². The molecule has 13 atom stereocenters. The lowest BCUT2D eigenvalue weighted by Crippen LogP contribution is -2.64. The Morgan fingerprint density at radius 2 is 1.65 bits per heavy atom. The van der Waals surface area contributed by atoms with Gasteiger partial charge in [0.25, 0.3) is 6.29 Å². The molecule has 5 N–H and O–H groups in total. The monoisotopic (exact) mass is 884 g/mol. The van der Waals surface area contributed by atoms with Crippen LogP contribution in [0.15, 0.2) is 23.8 Å². The highest BCUT2D eigenvalue weighted by Gasteiger charge is 2.72. The van der Waals surface area contributed by atoms with Gasteiger partial charge in [-0.3, -0.25) is 28.8 Å². The highest BCUT2D eigenvalue weighted by molar-refractivity contribution is 6.01. The van der Waals surface area contributed by atoms with E-state index < -0.39 is 106 Å². The number of esters is 2. The summed E-state index contributed by atoms with van der Waals surface area (Å²) in [6.45, 7) is 18.8. The molecule has 1 aliphatic heterocycles. The zero-order valence-corrected chi connectivity index (χ0v) is 38.6. The summed E-state index contributed by atoms with van der Waals surface area (Å²) in [7, 11) is 0. The lowest BCUT2D eigenvalue weighted by atomic mass is 9.44. The maximum atomic E-state index is 14.7. The van der Waals surface area contributed by atoms with E-state index in [-0.39, 0.29) is 61.7 Å². The fraction of sp³-hybridized carbons (Fsp3) is 0.739. The van der Waals surface area contributed by atoms with Gasteiger partial charge in [0, 0.05) is 29.7 Å². The molecule has 0 aromatic carbocycles. The van der Waals surface area contributed by atoms with Crippen LogP contribution in [0, 0.1) is 40.4 Å². The van der Waals surface area contributed by atoms with E-state index in [1.54, 1.807) is 54.5 Å². The normalized spacial score (nSPS) is 33.0. The SMILES string of the molecule is CCC(=O)O[C@]1(C(=O)C(O)OC(=O)[C@@H](NC(=O)[C@@H]2CCCN2C(=O)[C@H](C)NC(=O)[C@H](C)NC(=O)OC(C)(C)C)C(C)C)CCC2C3C[C@H](C)C4=CC(=O)C=C[C@]4(C)C3[C@@H](O)C[C@@]21C. The Kier molecular flexibility index (Phi) is 14.5. The number of likely N-dealkylation sites (tertiary alicyclic amines) is 1. The van der Waals surface area contributed by atoms with E-state index in [2.05, 4.69) is 16.0 Å². The smallest absolute Gasteiger partial charge is 0.408 e. The maximum Gasteiger partial charge on any atom is 0.408 e. The molecule has 17 heteroatoms. The molecule has 1 heterocycles. The lowest BCUT2D eigenvalue weighted by Gasteiger charge is -2.61. The predicted octanol–water partition coefficient (Wildman–Crippen LogP) is 3.18. The number of amides is 4. The fourth-order valence-electron chi connectivity index (χ4n) is 11.3. The van der Waals surface area contributed by atoms with E-state index in [0.717, 1.165) is 5.57 Å². The molecule has 0 bridgehead atoms. The molecule has 3 saturated carbocycles. The number of rotatable bonds is 13. The van der Waals surface area contributed by atoms with Crippen molar-refractivity contribution in [1.29, 1.82) is 0 Å². The first kappa shape index (κ1) is 49.4. The van der Waals surface area contributed by atoms with E-state index in [9.17, 15) is 48.6 Å². The number of carbonyl (C=O) groups is 8. The number of Topliss-reactive ketones (excluding diaryl/α,β-unsaturated/α-hetero) is 1. The summed E-state index contributed by atoms with van der Waals surface area (Å²) >= 11 is 0. The number of ketones is 2. The van der Waals surface area contributed by atoms with Crippen molar-refractivity contribution in [3.63, 3.8) is 0 Å². The van der Waals surface area contributed by atoms with E-state index in [4.69, 9.17) is 14.2 Å². The number of hydrogen-bond acceptors (Lipinski definition) is 13. The van der Waals surface area contributed by atoms with Gasteiger partial charge in [-0.1, -0.05) is 53.2 Å². The van der Waals surface area contributed by atoms with Gasteiger partial charge in [0.15, 0.2) is 11.4 Å². The van der Waals surface area contributed by atoms with E-state index in [1.807, 2.05) is 19.9 Å². The van der Waals surface area contributed by atoms with Crippen LogP contribution >= 0.6 is 0 Å². The largest absolute Gasteiger partial charge is 0.450 e. The summed E-state index contributed by atoms with van der Waals surface area (Å²) in [5, 5.41) is 31.1. The topological polar surface area (TPSA) is 244 Å². The fourth-order valence-corrected chi connectivity index (χ4v) is 11.3. The van der Waals surface area contributed by atoms with Gasteiger partial charge in [-0.05, 0) is 109 Å². The van der Waals surface area contributed by atoms with Crippen LogP contribution in [0.5, 0.6) is 0 Å². The van der Waals surface area contributed by atoms with Crippen LogP contribution < -0.4 is 16.0 Å². The van der Waals surface area contributed by atoms with E-state index in [0.29, 0.717) is 19.3 Å². The molecule has 1 saturated heterocycles. The van der Waals surface area contributed by atoms with Gasteiger partial charge in [-0.2, -0.15) is 0 Å². The number of allylic oxidation sites excluding steroid dienone is 4. The van der Waals surface area contributed by atoms with Crippen LogP contribution in [0.4, 0.5) is 4.79 Å². The zero-order valence-electron chi connectivity index (χ0n) is 38.6. The van der Waals surface area contributed by atoms with Crippen molar-refractivity contribution < 1.29 is 62.8 Å². The molecule has 63 heavy (non-hydrogen) atoms. The van der Waals surface area contributed by atoms with Crippen LogP contribution in [0.2, 0.25) is 0 Å². The molecule has 0 aromatic heterocycles. The van der Waals surface area contributed by atoms with Crippen molar-refractivity contribution in [2.75, 3.05) is 6.54 Å². The molecule has 4 aliphatic carbocycles. The zero-order chi connectivity index (χ0) is 47.1. The first-order chi connectivity index (χ1) is 29.2. The summed E-state index contributed by atoms with van der Waals surface area (Å²) in [5.41, 5.74) is -3.59. The van der Waals surface area contributed by atoms with Crippen LogP contribution in [0.3, 0.4) is 0 Å². The van der Waals surface area contributed by atoms with Gasteiger partial charge >= 0.3 is 18.0 Å². The lowest BCUT2D eigenvalue weighted by molar-refractivity contribution is -0.215. The average molecular weight is 885 g/mol. The molecule has 4 amide bonds. The number of fused-ring (bicyclic) bond motifs is 5. The van der Waals surface area contributed by atoms with Gasteiger partial charge < -0.3 is 45.3 Å². The first-order valence-electron chi connectivity index (χ1n) is 22.4. The number of aliphatic hydroxyl groups is 2. The highest BCUT2D eigenvalue weighted by Crippen LogP contribution is 2.68. The molecule has 5 rings (SSSR count). The number of ether oxygens (including phenoxy) is 3. The number of alkyl carbamates (subject to hydrolysis) is 1. The second-order valence-corrected chi connectivity index (χ2v) is 20.1. The minimum Gasteiger partial charge on any atom is -0.450 e. The van der Waals surface area contributed by atoms with Gasteiger partial charge in [0.1, 0.15) is 29.8 Å². The summed E-state index contributed by atoms with van der Waals surface area (Å²) in [5.74, 6) is -6.20. The van der Waals surface area contributed by atoms with Gasteiger partial charge in [-0.25, -0.2) is 9.59 Å². The Balaban J connectivity index is 1.29. The Hall–Kier alpha value is -4.64. The van der Waals surface area contributed by atoms with E-state index in [1.165, 1.54) is 24.8 Å². The molecular weight excluding hydrogens is 817 g/mol. The van der Waals surface area contributed by atoms with Crippen LogP contribution in [0.1, 0.15) is 121 Å². The average Bonchev–Trinajstić information content (AvgIpc) is 3.78. The van der Waals surface area contributed by atoms with Crippen molar-refractivity contribution in [2.45, 2.75) is 169 Å². The Morgan fingerprint density at radius 3 is 2.27 bits per heavy atom. The number of carbonyl (C=O) groups excluding carboxylic acids is 8. The second kappa shape index (κ2) is 18.5. The van der Waals surface area contributed by atoms with Crippen LogP contribution in [-0.2, 0) is 47.8 Å². The van der Waals surface area contributed by atoms with Crippen molar-refractivity contribution in [2.24, 2.45) is 40.4 Å². The number of aliphatic hydroxyl groups excluding tert-OH is 2. The molecule has 4 unspecified atom stereocenters. The van der Waals surface area contributed by atoms with E-state index >= 15 is 0 Å². The van der Waals surface area contributed by atoms with Gasteiger partial charge in [0.05, 0.1) is 6.10 Å². The van der Waals surface area contributed by atoms with Crippen molar-refractivity contribution in [1.82, 2.24) is 20.9 Å². The molecule has 350 valence electrons. The minimum atomic E-state index is -2.41. The quantitative estimate of drug-likeness (QED) is 0.102. The standard InChI is InChI=1S/C46H68N4O13/c1-12-33(53)62-46(18-16-29-28-20-24(4)30-21-27(51)15-17-44(30,10)34(28)32(52)22-45(29,46)11)36(54)41(59)61-40(58)35(23(2)3)49-38(56)31-14-13-19-50(31)39(57)26(6)47-37(55)25(5)48-42(60)63-43(7,8)9/h15,17,21,23-26,28-29,31-32,34-35,41,52,59H,12-14,16,18-20,22H2,1-11H3,(H,47,55)(H,48,60)(H,49,56)/t24-,25-,26-,28?,29?,31-,32-,34?,35-,41?,44-,45-,46-/m0/s1. The summed E-state index contributed by atoms with van der Waals surface area (Å²) in [6.07, 6.45) is 2.58. The van der Waals surface area contributed by atoms with Crippen molar-refractivity contribution in [3.05, 3.63) is 23.8 Å². The molecular formula is C46H68N4O13. The second-order valence-electron chi connectivity index (χ2n) is 20.1. The Bertz CT molecular complexity index is 1920. The molecule has 5 aliphatic rings. The third kappa shape index (κ3) is 9.59. The summed E-state index contributed by atoms with van der Waals surface area (Å²) < 4.78 is 16.7. The molecule has 0 aromatic rings. The molecule has 4 fully saturated rings. The molecule has 0 radical (unpaired) electrons. The highest BCUT2D eigenvalue weighted by atomic mass is 16.6. The van der Waals surface area contributed by atoms with Crippen molar-refractivity contribution >= 4 is 47.3 Å².